The second kappa shape index (κ2) is 40.2. The van der Waals surface area contributed by atoms with Crippen molar-refractivity contribution < 1.29 is 117 Å². The summed E-state index contributed by atoms with van der Waals surface area (Å²) >= 11 is 0. The third-order valence-electron chi connectivity index (χ3n) is 6.15. The smallest absolute Gasteiger partial charge is 0.542 e. The largest absolute Gasteiger partial charge is 1.00 e. The van der Waals surface area contributed by atoms with Crippen LogP contribution >= 0.6 is 0 Å². The average Bonchev–Trinajstić information content (AvgIpc) is 3.06. The van der Waals surface area contributed by atoms with Crippen LogP contribution in [0.15, 0.2) is 0 Å². The summed E-state index contributed by atoms with van der Waals surface area (Å²) in [6.07, 6.45) is 4.67. The first-order valence-corrected chi connectivity index (χ1v) is 17.2. The van der Waals surface area contributed by atoms with E-state index in [2.05, 4.69) is 4.74 Å². The number of ketones is 4. The number of Topliss-reactive ketones (excluding diaryl/α,β-unsaturated/α-hetero) is 4. The zero-order chi connectivity index (χ0) is 41.8. The number of carbonyl (C=O) groups excluding carboxylic acids is 8. The van der Waals surface area contributed by atoms with Gasteiger partial charge in [-0.1, -0.05) is 0 Å². The molecule has 54 heavy (non-hydrogen) atoms. The van der Waals surface area contributed by atoms with E-state index >= 15 is 0 Å². The van der Waals surface area contributed by atoms with Crippen molar-refractivity contribution >= 4 is 64.9 Å². The maximum absolute atomic E-state index is 11.8. The van der Waals surface area contributed by atoms with Gasteiger partial charge in [-0.2, -0.15) is 0 Å². The van der Waals surface area contributed by atoms with E-state index in [9.17, 15) is 57.8 Å². The molecule has 0 saturated carbocycles. The summed E-state index contributed by atoms with van der Waals surface area (Å²) in [6.45, 7) is 8.57. The number of unbranched alkanes of at least 4 members (excludes halogenated alkanes) is 3. The van der Waals surface area contributed by atoms with Gasteiger partial charge in [0.2, 0.25) is 0 Å². The first-order valence-electron chi connectivity index (χ1n) is 17.2. The van der Waals surface area contributed by atoms with Crippen LogP contribution in [0.4, 0.5) is 0 Å². The number of carbonyl (C=O) groups is 11. The Hall–Kier alpha value is -4.03. The molecule has 0 saturated heterocycles. The van der Waals surface area contributed by atoms with Gasteiger partial charge in [0.05, 0.1) is 19.8 Å². The van der Waals surface area contributed by atoms with Gasteiger partial charge in [0, 0.05) is 44.9 Å². The fraction of sp³-hybridized carbons (Fsp3) is 0.686. The van der Waals surface area contributed by atoms with E-state index in [1.807, 2.05) is 0 Å². The number of carboxylic acids is 4. The molecular weight excluding hydrogens is 731 g/mol. The van der Waals surface area contributed by atoms with Crippen molar-refractivity contribution in [2.45, 2.75) is 131 Å². The van der Waals surface area contributed by atoms with Gasteiger partial charge in [0.15, 0.2) is 5.78 Å². The monoisotopic (exact) mass is 786 g/mol. The van der Waals surface area contributed by atoms with E-state index in [0.29, 0.717) is 45.1 Å². The van der Waals surface area contributed by atoms with E-state index < -0.39 is 53.3 Å². The standard InChI is InChI=1S/C13H20O6.C9H16O3.C7H10O5.C6H10O4.Na/c1-4-18-12(16)10(8-6-7-9(3)14)11(15)13(17)19-5-2;1-3-12-9(11)7-5-4-6-8(2)10;8-5(7(11)12)3-1-2-4-6(9)10;7-5(8)3-1-2-4-6(9)10;/h10H,4-8H2,1-3H3;3-7H2,1-2H3;1-4H2,(H,9,10)(H,11,12);1-4H2,(H,7,8)(H,9,10);/q;;;;+1/p-1. The van der Waals surface area contributed by atoms with Crippen molar-refractivity contribution in [1.82, 2.24) is 0 Å². The van der Waals surface area contributed by atoms with Crippen molar-refractivity contribution in [3.8, 4) is 0 Å². The normalized spacial score (nSPS) is 9.94. The van der Waals surface area contributed by atoms with Crippen LogP contribution in [0.1, 0.15) is 131 Å². The minimum absolute atomic E-state index is 0. The number of hydrogen-bond donors (Lipinski definition) is 3. The Bertz CT molecular complexity index is 1160. The van der Waals surface area contributed by atoms with Crippen molar-refractivity contribution in [2.75, 3.05) is 19.8 Å². The molecular formula is C35H55NaO18. The molecule has 0 radical (unpaired) electrons. The molecule has 0 aliphatic rings. The van der Waals surface area contributed by atoms with Crippen molar-refractivity contribution in [2.24, 2.45) is 5.92 Å². The van der Waals surface area contributed by atoms with Crippen LogP contribution in [0.2, 0.25) is 0 Å². The maximum atomic E-state index is 11.8. The third-order valence-corrected chi connectivity index (χ3v) is 6.15. The van der Waals surface area contributed by atoms with Crippen LogP contribution in [0.5, 0.6) is 0 Å². The summed E-state index contributed by atoms with van der Waals surface area (Å²) in [7, 11) is 0. The number of carboxylic acid groups (broad SMARTS) is 4. The molecule has 0 aromatic rings. The van der Waals surface area contributed by atoms with Gasteiger partial charge >= 0.3 is 65.4 Å². The molecule has 0 bridgehead atoms. The Morgan fingerprint density at radius 3 is 1.26 bits per heavy atom. The van der Waals surface area contributed by atoms with Gasteiger partial charge in [-0.05, 0) is 86.0 Å². The van der Waals surface area contributed by atoms with E-state index in [4.69, 9.17) is 24.8 Å². The summed E-state index contributed by atoms with van der Waals surface area (Å²) < 4.78 is 14.1. The summed E-state index contributed by atoms with van der Waals surface area (Å²) in [4.78, 5) is 117. The number of rotatable bonds is 26. The fourth-order valence-electron chi connectivity index (χ4n) is 3.59. The number of esters is 3. The molecule has 0 amide bonds. The molecule has 0 aromatic carbocycles. The van der Waals surface area contributed by atoms with Gasteiger partial charge in [-0.25, -0.2) is 4.79 Å². The van der Waals surface area contributed by atoms with Crippen LogP contribution in [0, 0.1) is 5.92 Å². The van der Waals surface area contributed by atoms with E-state index in [-0.39, 0.29) is 105 Å². The van der Waals surface area contributed by atoms with E-state index in [1.165, 1.54) is 6.92 Å². The minimum atomic E-state index is -1.70. The van der Waals surface area contributed by atoms with Crippen molar-refractivity contribution in [3.63, 3.8) is 0 Å². The molecule has 0 aliphatic heterocycles. The summed E-state index contributed by atoms with van der Waals surface area (Å²) in [5.74, 6) is -9.27. The SMILES string of the molecule is CCOC(=O)C(=O)C(CCCC(C)=O)C(=O)OCC.CCOC(=O)CCCCC(C)=O.O=C(O)CCCCC(=O)C(=O)[O-].O=C(O)CCCCC(=O)O.[Na+]. The topological polar surface area (TPSA) is 299 Å². The second-order valence-corrected chi connectivity index (χ2v) is 11.0. The molecule has 18 nitrogen and oxygen atoms in total. The Kier molecular flexibility index (Phi) is 44.1. The van der Waals surface area contributed by atoms with Gasteiger partial charge in [0.1, 0.15) is 23.5 Å². The number of hydrogen-bond acceptors (Lipinski definition) is 15. The Morgan fingerprint density at radius 1 is 0.519 bits per heavy atom. The molecule has 0 fully saturated rings. The molecule has 1 unspecified atom stereocenters. The molecule has 3 N–H and O–H groups in total. The van der Waals surface area contributed by atoms with Crippen LogP contribution in [0.3, 0.4) is 0 Å². The quantitative estimate of drug-likeness (QED) is 0.0247. The summed E-state index contributed by atoms with van der Waals surface area (Å²) in [5.41, 5.74) is 0. The van der Waals surface area contributed by atoms with Crippen LogP contribution in [0.25, 0.3) is 0 Å². The van der Waals surface area contributed by atoms with Gasteiger partial charge < -0.3 is 49.0 Å². The fourth-order valence-corrected chi connectivity index (χ4v) is 3.59. The maximum Gasteiger partial charge on any atom is 1.00 e. The Balaban J connectivity index is -0.000000203. The predicted molar refractivity (Wildman–Crippen MR) is 182 cm³/mol. The third kappa shape index (κ3) is 46.0. The molecule has 0 heterocycles. The predicted octanol–water partition coefficient (Wildman–Crippen LogP) is -0.573. The van der Waals surface area contributed by atoms with Gasteiger partial charge in [-0.15, -0.1) is 0 Å². The Labute approximate surface area is 337 Å². The molecule has 19 heteroatoms. The van der Waals surface area contributed by atoms with Gasteiger partial charge in [0.25, 0.3) is 5.78 Å². The summed E-state index contributed by atoms with van der Waals surface area (Å²) in [6, 6.07) is 0. The number of ether oxygens (including phenoxy) is 3. The number of aliphatic carboxylic acids is 4. The second-order valence-electron chi connectivity index (χ2n) is 11.0. The molecule has 0 rings (SSSR count). The Morgan fingerprint density at radius 2 is 0.889 bits per heavy atom. The van der Waals surface area contributed by atoms with Crippen LogP contribution < -0.4 is 34.7 Å². The molecule has 0 aliphatic carbocycles. The molecule has 304 valence electrons. The van der Waals surface area contributed by atoms with Crippen LogP contribution in [-0.4, -0.2) is 100 Å². The minimum Gasteiger partial charge on any atom is -0.542 e. The average molecular weight is 787 g/mol. The zero-order valence-corrected chi connectivity index (χ0v) is 34.3. The first kappa shape index (κ1) is 59.3. The zero-order valence-electron chi connectivity index (χ0n) is 32.3. The molecule has 1 atom stereocenters. The molecule has 0 aromatic heterocycles. The van der Waals surface area contributed by atoms with Crippen molar-refractivity contribution in [3.05, 3.63) is 0 Å². The van der Waals surface area contributed by atoms with Crippen molar-refractivity contribution in [1.29, 1.82) is 0 Å². The van der Waals surface area contributed by atoms with Gasteiger partial charge in [-0.3, -0.25) is 33.6 Å². The van der Waals surface area contributed by atoms with Crippen LogP contribution in [-0.2, 0) is 67.0 Å². The first-order chi connectivity index (χ1) is 24.8. The van der Waals surface area contributed by atoms with E-state index in [0.717, 1.165) is 12.8 Å². The summed E-state index contributed by atoms with van der Waals surface area (Å²) in [5, 5.41) is 34.3. The molecule has 0 spiro atoms. The van der Waals surface area contributed by atoms with E-state index in [1.54, 1.807) is 27.7 Å².